The molecule has 0 spiro atoms. The number of pyridine rings is 1. The van der Waals surface area contributed by atoms with Crippen LogP contribution < -0.4 is 11.1 Å². The van der Waals surface area contributed by atoms with Crippen LogP contribution in [0.1, 0.15) is 34.5 Å². The molecule has 106 valence electrons. The molecule has 0 aromatic carbocycles. The molecule has 0 aliphatic rings. The molecule has 2 rings (SSSR count). The zero-order chi connectivity index (χ0) is 14.9. The molecule has 6 nitrogen and oxygen atoms in total. The number of hydrogen-bond donors (Lipinski definition) is 2. The Morgan fingerprint density at radius 1 is 1.40 bits per heavy atom. The molecule has 0 bridgehead atoms. The molecule has 0 saturated carbocycles. The van der Waals surface area contributed by atoms with Crippen molar-refractivity contribution < 1.29 is 4.79 Å². The largest absolute Gasteiger partial charge is 0.395 e. The lowest BCUT2D eigenvalue weighted by Crippen LogP contribution is -2.18. The van der Waals surface area contributed by atoms with Crippen LogP contribution in [0.25, 0.3) is 0 Å². The second-order valence-electron chi connectivity index (χ2n) is 4.73. The van der Waals surface area contributed by atoms with Gasteiger partial charge >= 0.3 is 0 Å². The summed E-state index contributed by atoms with van der Waals surface area (Å²) < 4.78 is 1.51. The lowest BCUT2D eigenvalue weighted by Gasteiger charge is -2.09. The van der Waals surface area contributed by atoms with Gasteiger partial charge in [-0.15, -0.1) is 0 Å². The lowest BCUT2D eigenvalue weighted by molar-refractivity contribution is 0.101. The number of nitrogens with one attached hydrogen (secondary N) is 1. The van der Waals surface area contributed by atoms with Gasteiger partial charge in [-0.2, -0.15) is 5.10 Å². The van der Waals surface area contributed by atoms with E-state index in [1.165, 1.54) is 4.68 Å². The third-order valence-corrected chi connectivity index (χ3v) is 3.18. The van der Waals surface area contributed by atoms with Crippen molar-refractivity contribution in [2.75, 3.05) is 11.1 Å². The van der Waals surface area contributed by atoms with Gasteiger partial charge in [0.1, 0.15) is 5.69 Å². The Morgan fingerprint density at radius 2 is 2.10 bits per heavy atom. The number of hydrogen-bond acceptors (Lipinski definition) is 4. The smallest absolute Gasteiger partial charge is 0.276 e. The van der Waals surface area contributed by atoms with Crippen LogP contribution in [0, 0.1) is 13.8 Å². The third kappa shape index (κ3) is 2.49. The second kappa shape index (κ2) is 5.32. The van der Waals surface area contributed by atoms with Crippen molar-refractivity contribution in [1.29, 1.82) is 0 Å². The molecule has 2 aromatic heterocycles. The van der Waals surface area contributed by atoms with E-state index < -0.39 is 0 Å². The number of carbonyl (C=O) groups excluding carboxylic acids is 1. The van der Waals surface area contributed by atoms with E-state index in [4.69, 9.17) is 5.73 Å². The quantitative estimate of drug-likeness (QED) is 0.893. The normalized spacial score (nSPS) is 10.6. The van der Waals surface area contributed by atoms with Gasteiger partial charge in [-0.05, 0) is 32.4 Å². The first-order valence-electron chi connectivity index (χ1n) is 6.51. The minimum absolute atomic E-state index is 0.272. The summed E-state index contributed by atoms with van der Waals surface area (Å²) in [6.07, 6.45) is 0.693. The molecule has 0 aliphatic carbocycles. The van der Waals surface area contributed by atoms with Crippen LogP contribution in [0.2, 0.25) is 0 Å². The van der Waals surface area contributed by atoms with Gasteiger partial charge in [-0.1, -0.05) is 6.92 Å². The van der Waals surface area contributed by atoms with E-state index in [2.05, 4.69) is 15.4 Å². The Morgan fingerprint density at radius 3 is 2.65 bits per heavy atom. The number of anilines is 2. The molecular weight excluding hydrogens is 254 g/mol. The molecule has 20 heavy (non-hydrogen) atoms. The monoisotopic (exact) mass is 273 g/mol. The second-order valence-corrected chi connectivity index (χ2v) is 4.73. The molecule has 2 aromatic rings. The van der Waals surface area contributed by atoms with E-state index in [9.17, 15) is 4.79 Å². The Balaban J connectivity index is 2.31. The summed E-state index contributed by atoms with van der Waals surface area (Å²) in [6, 6.07) is 3.69. The third-order valence-electron chi connectivity index (χ3n) is 3.18. The average molecular weight is 273 g/mol. The Bertz CT molecular complexity index is 660. The highest BCUT2D eigenvalue weighted by Gasteiger charge is 2.19. The summed E-state index contributed by atoms with van der Waals surface area (Å²) in [5.74, 6) is -0.272. The van der Waals surface area contributed by atoms with Crippen LogP contribution in [0.3, 0.4) is 0 Å². The fourth-order valence-electron chi connectivity index (χ4n) is 2.13. The van der Waals surface area contributed by atoms with E-state index >= 15 is 0 Å². The molecule has 0 fully saturated rings. The molecule has 0 radical (unpaired) electrons. The Labute approximate surface area is 118 Å². The molecule has 3 N–H and O–H groups in total. The summed E-state index contributed by atoms with van der Waals surface area (Å²) in [5, 5.41) is 7.07. The van der Waals surface area contributed by atoms with Crippen molar-refractivity contribution in [2.45, 2.75) is 27.2 Å². The number of nitrogens with zero attached hydrogens (tertiary/aromatic N) is 3. The first kappa shape index (κ1) is 14.0. The molecule has 0 unspecified atom stereocenters. The van der Waals surface area contributed by atoms with Crippen LogP contribution in [0.5, 0.6) is 0 Å². The SMILES string of the molecule is CCc1nn(C)c(C(=O)Nc2ccc(C)nc2C)c1N. The highest BCUT2D eigenvalue weighted by Crippen LogP contribution is 2.20. The topological polar surface area (TPSA) is 85.8 Å². The molecule has 1 amide bonds. The summed E-state index contributed by atoms with van der Waals surface area (Å²) >= 11 is 0. The van der Waals surface area contributed by atoms with E-state index in [0.717, 1.165) is 17.1 Å². The summed E-state index contributed by atoms with van der Waals surface area (Å²) in [7, 11) is 1.71. The zero-order valence-electron chi connectivity index (χ0n) is 12.2. The number of aryl methyl sites for hydroxylation is 4. The lowest BCUT2D eigenvalue weighted by atomic mass is 10.2. The van der Waals surface area contributed by atoms with Crippen molar-refractivity contribution in [1.82, 2.24) is 14.8 Å². The van der Waals surface area contributed by atoms with Crippen molar-refractivity contribution in [3.63, 3.8) is 0 Å². The van der Waals surface area contributed by atoms with Crippen LogP contribution in [0.4, 0.5) is 11.4 Å². The van der Waals surface area contributed by atoms with Crippen molar-refractivity contribution in [3.8, 4) is 0 Å². The Kier molecular flexibility index (Phi) is 3.74. The number of nitrogens with two attached hydrogens (primary N) is 1. The van der Waals surface area contributed by atoms with E-state index in [-0.39, 0.29) is 5.91 Å². The number of amides is 1. The minimum atomic E-state index is -0.272. The maximum Gasteiger partial charge on any atom is 0.276 e. The number of nitrogen functional groups attached to an aromatic ring is 1. The van der Waals surface area contributed by atoms with E-state index in [1.807, 2.05) is 32.9 Å². The molecule has 6 heteroatoms. The van der Waals surface area contributed by atoms with Crippen molar-refractivity contribution >= 4 is 17.3 Å². The maximum atomic E-state index is 12.3. The maximum absolute atomic E-state index is 12.3. The average Bonchev–Trinajstić information content (AvgIpc) is 2.67. The minimum Gasteiger partial charge on any atom is -0.395 e. The standard InChI is InChI=1S/C14H19N5O/c1-5-10-12(15)13(19(4)18-10)14(20)17-11-7-6-8(2)16-9(11)3/h6-7H,5,15H2,1-4H3,(H,17,20). The number of rotatable bonds is 3. The van der Waals surface area contributed by atoms with Gasteiger partial charge in [-0.25, -0.2) is 0 Å². The van der Waals surface area contributed by atoms with Crippen LogP contribution in [-0.4, -0.2) is 20.7 Å². The van der Waals surface area contributed by atoms with Gasteiger partial charge < -0.3 is 11.1 Å². The highest BCUT2D eigenvalue weighted by molar-refractivity contribution is 6.07. The van der Waals surface area contributed by atoms with Crippen LogP contribution in [-0.2, 0) is 13.5 Å². The van der Waals surface area contributed by atoms with Gasteiger partial charge in [0, 0.05) is 12.7 Å². The van der Waals surface area contributed by atoms with Crippen molar-refractivity contribution in [2.24, 2.45) is 7.05 Å². The van der Waals surface area contributed by atoms with Crippen LogP contribution >= 0.6 is 0 Å². The highest BCUT2D eigenvalue weighted by atomic mass is 16.2. The zero-order valence-corrected chi connectivity index (χ0v) is 12.2. The molecule has 0 atom stereocenters. The number of aromatic nitrogens is 3. The summed E-state index contributed by atoms with van der Waals surface area (Å²) in [6.45, 7) is 5.71. The van der Waals surface area contributed by atoms with Gasteiger partial charge in [0.2, 0.25) is 0 Å². The predicted octanol–water partition coefficient (Wildman–Crippen LogP) is 1.83. The first-order valence-corrected chi connectivity index (χ1v) is 6.51. The van der Waals surface area contributed by atoms with Crippen molar-refractivity contribution in [3.05, 3.63) is 34.9 Å². The number of carbonyl (C=O) groups is 1. The van der Waals surface area contributed by atoms with Gasteiger partial charge in [0.15, 0.2) is 0 Å². The molecule has 2 heterocycles. The fraction of sp³-hybridized carbons (Fsp3) is 0.357. The van der Waals surface area contributed by atoms with Gasteiger partial charge in [0.25, 0.3) is 5.91 Å². The molecule has 0 saturated heterocycles. The fourth-order valence-corrected chi connectivity index (χ4v) is 2.13. The summed E-state index contributed by atoms with van der Waals surface area (Å²) in [4.78, 5) is 16.7. The first-order chi connectivity index (χ1) is 9.43. The molecule has 0 aliphatic heterocycles. The predicted molar refractivity (Wildman–Crippen MR) is 78.7 cm³/mol. The van der Waals surface area contributed by atoms with Gasteiger partial charge in [0.05, 0.1) is 22.8 Å². The summed E-state index contributed by atoms with van der Waals surface area (Å²) in [5.41, 5.74) is 9.88. The van der Waals surface area contributed by atoms with Gasteiger partial charge in [-0.3, -0.25) is 14.5 Å². The van der Waals surface area contributed by atoms with E-state index in [1.54, 1.807) is 7.05 Å². The van der Waals surface area contributed by atoms with E-state index in [0.29, 0.717) is 23.5 Å². The van der Waals surface area contributed by atoms with Crippen LogP contribution in [0.15, 0.2) is 12.1 Å². The Hall–Kier alpha value is -2.37. The molecular formula is C14H19N5O.